The van der Waals surface area contributed by atoms with Crippen LogP contribution in [0.4, 0.5) is 0 Å². The Bertz CT molecular complexity index is 189. The highest BCUT2D eigenvalue weighted by atomic mass is 32.2. The number of hydrogen-bond donors (Lipinski definition) is 0. The van der Waals surface area contributed by atoms with Gasteiger partial charge in [-0.05, 0) is 6.42 Å². The molecule has 1 fully saturated rings. The zero-order valence-corrected chi connectivity index (χ0v) is 7.82. The van der Waals surface area contributed by atoms with Crippen LogP contribution in [-0.2, 0) is 15.6 Å². The van der Waals surface area contributed by atoms with Crippen LogP contribution in [0.5, 0.6) is 0 Å². The molecular formula is C8H14O2S. The number of ketones is 1. The van der Waals surface area contributed by atoms with Gasteiger partial charge in [0.25, 0.3) is 0 Å². The Kier molecular flexibility index (Phi) is 2.82. The highest BCUT2D eigenvalue weighted by molar-refractivity contribution is 7.85. The van der Waals surface area contributed by atoms with E-state index in [9.17, 15) is 9.00 Å². The molecule has 0 amide bonds. The molecule has 0 bridgehead atoms. The summed E-state index contributed by atoms with van der Waals surface area (Å²) in [7, 11) is -0.774. The quantitative estimate of drug-likeness (QED) is 0.628. The lowest BCUT2D eigenvalue weighted by molar-refractivity contribution is -0.120. The maximum absolute atomic E-state index is 11.3. The summed E-state index contributed by atoms with van der Waals surface area (Å²) >= 11 is 0. The first-order valence-electron chi connectivity index (χ1n) is 4.06. The van der Waals surface area contributed by atoms with Gasteiger partial charge in [-0.1, -0.05) is 13.8 Å². The fourth-order valence-corrected chi connectivity index (χ4v) is 2.96. The third kappa shape index (κ3) is 1.70. The molecule has 0 aliphatic heterocycles. The zero-order valence-electron chi connectivity index (χ0n) is 7.00. The van der Waals surface area contributed by atoms with E-state index in [1.165, 1.54) is 0 Å². The van der Waals surface area contributed by atoms with Gasteiger partial charge in [0.15, 0.2) is 0 Å². The predicted octanol–water partition coefficient (Wildman–Crippen LogP) is 1.12. The van der Waals surface area contributed by atoms with Crippen molar-refractivity contribution in [2.75, 3.05) is 5.75 Å². The Hall–Kier alpha value is -0.180. The summed E-state index contributed by atoms with van der Waals surface area (Å²) in [5.74, 6) is 1.01. The summed E-state index contributed by atoms with van der Waals surface area (Å²) in [6.07, 6.45) is 1.47. The first-order chi connectivity index (χ1) is 5.16. The third-order valence-corrected chi connectivity index (χ3v) is 4.25. The van der Waals surface area contributed by atoms with Crippen LogP contribution in [0, 0.1) is 5.92 Å². The van der Waals surface area contributed by atoms with Gasteiger partial charge in [0.2, 0.25) is 0 Å². The predicted molar refractivity (Wildman–Crippen MR) is 45.9 cm³/mol. The van der Waals surface area contributed by atoms with Gasteiger partial charge in [0.05, 0.1) is 0 Å². The Morgan fingerprint density at radius 2 is 2.27 bits per heavy atom. The summed E-state index contributed by atoms with van der Waals surface area (Å²) < 4.78 is 11.3. The van der Waals surface area contributed by atoms with Gasteiger partial charge in [0.1, 0.15) is 5.78 Å². The van der Waals surface area contributed by atoms with Crippen LogP contribution in [-0.4, -0.2) is 21.0 Å². The van der Waals surface area contributed by atoms with Crippen molar-refractivity contribution in [1.29, 1.82) is 0 Å². The molecule has 1 aliphatic rings. The lowest BCUT2D eigenvalue weighted by atomic mass is 10.1. The van der Waals surface area contributed by atoms with Crippen LogP contribution in [0.1, 0.15) is 26.7 Å². The maximum Gasteiger partial charge on any atom is 0.136 e. The molecule has 11 heavy (non-hydrogen) atoms. The monoisotopic (exact) mass is 174 g/mol. The van der Waals surface area contributed by atoms with E-state index in [-0.39, 0.29) is 17.0 Å². The Morgan fingerprint density at radius 1 is 1.64 bits per heavy atom. The van der Waals surface area contributed by atoms with Crippen molar-refractivity contribution in [2.24, 2.45) is 5.92 Å². The maximum atomic E-state index is 11.3. The van der Waals surface area contributed by atoms with Gasteiger partial charge in [-0.25, -0.2) is 0 Å². The van der Waals surface area contributed by atoms with Crippen molar-refractivity contribution in [3.8, 4) is 0 Å². The highest BCUT2D eigenvalue weighted by Gasteiger charge is 2.33. The average molecular weight is 174 g/mol. The first-order valence-corrected chi connectivity index (χ1v) is 5.45. The second-order valence-corrected chi connectivity index (χ2v) is 4.95. The Balaban J connectivity index is 2.61. The van der Waals surface area contributed by atoms with Crippen LogP contribution in [0.2, 0.25) is 0 Å². The van der Waals surface area contributed by atoms with Gasteiger partial charge in [-0.15, -0.1) is 0 Å². The van der Waals surface area contributed by atoms with E-state index >= 15 is 0 Å². The van der Waals surface area contributed by atoms with Crippen molar-refractivity contribution in [2.45, 2.75) is 31.9 Å². The fourth-order valence-electron chi connectivity index (χ4n) is 1.54. The lowest BCUT2D eigenvalue weighted by Crippen LogP contribution is -2.22. The minimum atomic E-state index is -0.774. The largest absolute Gasteiger partial charge is 0.299 e. The van der Waals surface area contributed by atoms with E-state index < -0.39 is 10.8 Å². The molecule has 0 heterocycles. The lowest BCUT2D eigenvalue weighted by Gasteiger charge is -2.11. The number of carbonyl (C=O) groups is 1. The molecule has 0 spiro atoms. The SMILES string of the molecule is CCS(=O)C1CCC(=O)C1C. The van der Waals surface area contributed by atoms with Crippen molar-refractivity contribution >= 4 is 16.6 Å². The van der Waals surface area contributed by atoms with E-state index in [1.54, 1.807) is 0 Å². The molecule has 0 radical (unpaired) electrons. The first kappa shape index (κ1) is 8.91. The Labute approximate surface area is 69.8 Å². The van der Waals surface area contributed by atoms with E-state index in [0.29, 0.717) is 12.2 Å². The number of Topliss-reactive ketones (excluding diaryl/α,β-unsaturated/α-hetero) is 1. The normalized spacial score (nSPS) is 34.2. The molecule has 3 unspecified atom stereocenters. The summed E-state index contributed by atoms with van der Waals surface area (Å²) in [4.78, 5) is 11.1. The van der Waals surface area contributed by atoms with Gasteiger partial charge < -0.3 is 0 Å². The molecule has 3 heteroatoms. The van der Waals surface area contributed by atoms with Crippen LogP contribution in [0.25, 0.3) is 0 Å². The molecule has 0 aromatic rings. The topological polar surface area (TPSA) is 34.1 Å². The van der Waals surface area contributed by atoms with Crippen LogP contribution >= 0.6 is 0 Å². The van der Waals surface area contributed by atoms with E-state index in [0.717, 1.165) is 6.42 Å². The second-order valence-electron chi connectivity index (χ2n) is 3.00. The van der Waals surface area contributed by atoms with E-state index in [2.05, 4.69) is 0 Å². The van der Waals surface area contributed by atoms with Crippen molar-refractivity contribution in [3.63, 3.8) is 0 Å². The summed E-state index contributed by atoms with van der Waals surface area (Å²) in [5, 5.41) is 0.146. The van der Waals surface area contributed by atoms with Gasteiger partial charge in [-0.2, -0.15) is 0 Å². The van der Waals surface area contributed by atoms with Gasteiger partial charge >= 0.3 is 0 Å². The molecule has 3 atom stereocenters. The van der Waals surface area contributed by atoms with Crippen molar-refractivity contribution < 1.29 is 9.00 Å². The smallest absolute Gasteiger partial charge is 0.136 e. The minimum Gasteiger partial charge on any atom is -0.299 e. The molecule has 1 aliphatic carbocycles. The number of rotatable bonds is 2. The van der Waals surface area contributed by atoms with Gasteiger partial charge in [-0.3, -0.25) is 9.00 Å². The van der Waals surface area contributed by atoms with E-state index in [4.69, 9.17) is 0 Å². The van der Waals surface area contributed by atoms with E-state index in [1.807, 2.05) is 13.8 Å². The fraction of sp³-hybridized carbons (Fsp3) is 0.875. The molecule has 0 saturated heterocycles. The van der Waals surface area contributed by atoms with Crippen LogP contribution in [0.3, 0.4) is 0 Å². The molecule has 0 N–H and O–H groups in total. The molecule has 64 valence electrons. The summed E-state index contributed by atoms with van der Waals surface area (Å²) in [6, 6.07) is 0. The standard InChI is InChI=1S/C8H14O2S/c1-3-11(10)8-5-4-7(9)6(8)2/h6,8H,3-5H2,1-2H3. The molecule has 1 saturated carbocycles. The summed E-state index contributed by atoms with van der Waals surface area (Å²) in [6.45, 7) is 3.80. The molecule has 0 aromatic carbocycles. The van der Waals surface area contributed by atoms with Crippen LogP contribution < -0.4 is 0 Å². The van der Waals surface area contributed by atoms with Crippen LogP contribution in [0.15, 0.2) is 0 Å². The van der Waals surface area contributed by atoms with Crippen molar-refractivity contribution in [3.05, 3.63) is 0 Å². The molecule has 2 nitrogen and oxygen atoms in total. The second kappa shape index (κ2) is 3.48. The molecule has 0 aromatic heterocycles. The highest BCUT2D eigenvalue weighted by Crippen LogP contribution is 2.26. The number of hydrogen-bond acceptors (Lipinski definition) is 2. The Morgan fingerprint density at radius 3 is 2.64 bits per heavy atom. The average Bonchev–Trinajstić information content (AvgIpc) is 2.32. The molecular weight excluding hydrogens is 160 g/mol. The number of carbonyl (C=O) groups excluding carboxylic acids is 1. The minimum absolute atomic E-state index is 0.0378. The van der Waals surface area contributed by atoms with Crippen molar-refractivity contribution in [1.82, 2.24) is 0 Å². The van der Waals surface area contributed by atoms with Gasteiger partial charge in [0, 0.05) is 34.1 Å². The molecule has 1 rings (SSSR count). The third-order valence-electron chi connectivity index (χ3n) is 2.36. The summed E-state index contributed by atoms with van der Waals surface area (Å²) in [5.41, 5.74) is 0. The zero-order chi connectivity index (χ0) is 8.43.